The molecule has 1 aromatic rings. The molecule has 0 aromatic heterocycles. The van der Waals surface area contributed by atoms with Crippen LogP contribution in [0.1, 0.15) is 25.8 Å². The van der Waals surface area contributed by atoms with Gasteiger partial charge in [-0.3, -0.25) is 0 Å². The highest BCUT2D eigenvalue weighted by Gasteiger charge is 2.20. The zero-order valence-electron chi connectivity index (χ0n) is 11.1. The van der Waals surface area contributed by atoms with Crippen molar-refractivity contribution in [2.45, 2.75) is 26.7 Å². The van der Waals surface area contributed by atoms with E-state index in [9.17, 15) is 0 Å². The van der Waals surface area contributed by atoms with Gasteiger partial charge >= 0.3 is 0 Å². The zero-order valence-corrected chi connectivity index (χ0v) is 12.6. The molecule has 1 unspecified atom stereocenters. The summed E-state index contributed by atoms with van der Waals surface area (Å²) in [5.74, 6) is 0. The molecule has 0 aliphatic heterocycles. The van der Waals surface area contributed by atoms with E-state index in [1.54, 1.807) is 0 Å². The molecule has 0 fully saturated rings. The Bertz CT molecular complexity index is 403. The number of rotatable bonds is 7. The van der Waals surface area contributed by atoms with Crippen molar-refractivity contribution >= 4 is 23.2 Å². The smallest absolute Gasteiger partial charge is 0.0595 e. The molecule has 0 bridgehead atoms. The van der Waals surface area contributed by atoms with Gasteiger partial charge in [0.2, 0.25) is 0 Å². The second kappa shape index (κ2) is 7.18. The first-order valence-electron chi connectivity index (χ1n) is 6.29. The highest BCUT2D eigenvalue weighted by molar-refractivity contribution is 6.42. The molecule has 0 radical (unpaired) electrons. The summed E-state index contributed by atoms with van der Waals surface area (Å²) >= 11 is 12.0. The average molecular weight is 286 g/mol. The summed E-state index contributed by atoms with van der Waals surface area (Å²) in [6, 6.07) is 5.81. The van der Waals surface area contributed by atoms with Gasteiger partial charge in [-0.2, -0.15) is 0 Å². The third-order valence-corrected chi connectivity index (χ3v) is 3.78. The highest BCUT2D eigenvalue weighted by atomic mass is 35.5. The maximum atomic E-state index is 6.04. The molecular weight excluding hydrogens is 265 g/mol. The molecule has 0 aliphatic carbocycles. The lowest BCUT2D eigenvalue weighted by Crippen LogP contribution is -2.32. The van der Waals surface area contributed by atoms with E-state index in [0.29, 0.717) is 10.0 Å². The van der Waals surface area contributed by atoms with Crippen LogP contribution in [-0.4, -0.2) is 13.1 Å². The van der Waals surface area contributed by atoms with Gasteiger partial charge in [-0.15, -0.1) is 6.58 Å². The SMILES string of the molecule is C=CC(C)(CNCCC)Cc1ccc(Cl)c(Cl)c1. The summed E-state index contributed by atoms with van der Waals surface area (Å²) < 4.78 is 0. The molecule has 100 valence electrons. The summed E-state index contributed by atoms with van der Waals surface area (Å²) in [5, 5.41) is 4.66. The highest BCUT2D eigenvalue weighted by Crippen LogP contribution is 2.28. The van der Waals surface area contributed by atoms with Gasteiger partial charge in [-0.05, 0) is 37.1 Å². The van der Waals surface area contributed by atoms with Gasteiger partial charge in [-0.1, -0.05) is 49.2 Å². The van der Waals surface area contributed by atoms with Crippen molar-refractivity contribution in [3.8, 4) is 0 Å². The van der Waals surface area contributed by atoms with E-state index in [4.69, 9.17) is 23.2 Å². The molecule has 1 atom stereocenters. The molecule has 0 saturated heterocycles. The predicted octanol–water partition coefficient (Wildman–Crippen LogP) is 4.73. The molecule has 1 N–H and O–H groups in total. The van der Waals surface area contributed by atoms with E-state index >= 15 is 0 Å². The van der Waals surface area contributed by atoms with Crippen LogP contribution in [-0.2, 0) is 6.42 Å². The van der Waals surface area contributed by atoms with Crippen LogP contribution in [0.2, 0.25) is 10.0 Å². The number of hydrogen-bond donors (Lipinski definition) is 1. The van der Waals surface area contributed by atoms with Gasteiger partial charge in [-0.25, -0.2) is 0 Å². The van der Waals surface area contributed by atoms with E-state index in [0.717, 1.165) is 25.9 Å². The number of hydrogen-bond acceptors (Lipinski definition) is 1. The van der Waals surface area contributed by atoms with Crippen molar-refractivity contribution in [2.75, 3.05) is 13.1 Å². The molecular formula is C15H21Cl2N. The predicted molar refractivity (Wildman–Crippen MR) is 81.6 cm³/mol. The fourth-order valence-corrected chi connectivity index (χ4v) is 2.19. The van der Waals surface area contributed by atoms with Crippen LogP contribution in [0.5, 0.6) is 0 Å². The Morgan fingerprint density at radius 3 is 2.61 bits per heavy atom. The van der Waals surface area contributed by atoms with Crippen LogP contribution >= 0.6 is 23.2 Å². The van der Waals surface area contributed by atoms with Gasteiger partial charge in [0.25, 0.3) is 0 Å². The van der Waals surface area contributed by atoms with E-state index in [1.165, 1.54) is 5.56 Å². The Kier molecular flexibility index (Phi) is 6.20. The van der Waals surface area contributed by atoms with Crippen LogP contribution in [0, 0.1) is 5.41 Å². The lowest BCUT2D eigenvalue weighted by molar-refractivity contribution is 0.391. The van der Waals surface area contributed by atoms with Crippen LogP contribution in [0.25, 0.3) is 0 Å². The first-order chi connectivity index (χ1) is 8.50. The summed E-state index contributed by atoms with van der Waals surface area (Å²) in [7, 11) is 0. The van der Waals surface area contributed by atoms with Crippen molar-refractivity contribution in [1.82, 2.24) is 5.32 Å². The van der Waals surface area contributed by atoms with Crippen molar-refractivity contribution in [2.24, 2.45) is 5.41 Å². The topological polar surface area (TPSA) is 12.0 Å². The van der Waals surface area contributed by atoms with Gasteiger partial charge in [0.15, 0.2) is 0 Å². The average Bonchev–Trinajstić information content (AvgIpc) is 2.34. The number of halogens is 2. The van der Waals surface area contributed by atoms with E-state index in [1.807, 2.05) is 24.3 Å². The second-order valence-electron chi connectivity index (χ2n) is 4.96. The lowest BCUT2D eigenvalue weighted by Gasteiger charge is -2.26. The fourth-order valence-electron chi connectivity index (χ4n) is 1.87. The molecule has 0 saturated carbocycles. The Morgan fingerprint density at radius 1 is 1.33 bits per heavy atom. The van der Waals surface area contributed by atoms with Gasteiger partial charge < -0.3 is 5.32 Å². The third kappa shape index (κ3) is 4.64. The lowest BCUT2D eigenvalue weighted by atomic mass is 9.83. The summed E-state index contributed by atoms with van der Waals surface area (Å²) in [4.78, 5) is 0. The van der Waals surface area contributed by atoms with Crippen molar-refractivity contribution in [3.05, 3.63) is 46.5 Å². The van der Waals surface area contributed by atoms with E-state index < -0.39 is 0 Å². The van der Waals surface area contributed by atoms with E-state index in [-0.39, 0.29) is 5.41 Å². The summed E-state index contributed by atoms with van der Waals surface area (Å²) in [6.07, 6.45) is 4.06. The van der Waals surface area contributed by atoms with Crippen LogP contribution in [0.4, 0.5) is 0 Å². The van der Waals surface area contributed by atoms with Crippen molar-refractivity contribution in [3.63, 3.8) is 0 Å². The van der Waals surface area contributed by atoms with Crippen molar-refractivity contribution < 1.29 is 0 Å². The molecule has 18 heavy (non-hydrogen) atoms. The molecule has 1 nitrogen and oxygen atoms in total. The number of nitrogens with one attached hydrogen (secondary N) is 1. The summed E-state index contributed by atoms with van der Waals surface area (Å²) in [6.45, 7) is 10.3. The molecule has 1 aromatic carbocycles. The Morgan fingerprint density at radius 2 is 2.06 bits per heavy atom. The molecule has 0 spiro atoms. The normalized spacial score (nSPS) is 14.2. The first-order valence-corrected chi connectivity index (χ1v) is 7.04. The Balaban J connectivity index is 2.71. The minimum absolute atomic E-state index is 0.0341. The van der Waals surface area contributed by atoms with Crippen LogP contribution in [0.15, 0.2) is 30.9 Å². The minimum Gasteiger partial charge on any atom is -0.316 e. The Labute approximate surface area is 120 Å². The fraction of sp³-hybridized carbons (Fsp3) is 0.467. The molecule has 3 heteroatoms. The van der Waals surface area contributed by atoms with Gasteiger partial charge in [0.05, 0.1) is 10.0 Å². The Hall–Kier alpha value is -0.500. The maximum Gasteiger partial charge on any atom is 0.0595 e. The van der Waals surface area contributed by atoms with Crippen LogP contribution in [0.3, 0.4) is 0 Å². The van der Waals surface area contributed by atoms with Gasteiger partial charge in [0.1, 0.15) is 0 Å². The minimum atomic E-state index is 0.0341. The maximum absolute atomic E-state index is 6.04. The first kappa shape index (κ1) is 15.6. The second-order valence-corrected chi connectivity index (χ2v) is 5.77. The van der Waals surface area contributed by atoms with Crippen LogP contribution < -0.4 is 5.32 Å². The quantitative estimate of drug-likeness (QED) is 0.564. The molecule has 0 aliphatic rings. The number of benzene rings is 1. The van der Waals surface area contributed by atoms with Crippen molar-refractivity contribution in [1.29, 1.82) is 0 Å². The molecule has 0 amide bonds. The van der Waals surface area contributed by atoms with Gasteiger partial charge in [0, 0.05) is 12.0 Å². The zero-order chi connectivity index (χ0) is 13.6. The third-order valence-electron chi connectivity index (χ3n) is 3.04. The molecule has 0 heterocycles. The monoisotopic (exact) mass is 285 g/mol. The molecule has 1 rings (SSSR count). The van der Waals surface area contributed by atoms with E-state index in [2.05, 4.69) is 25.7 Å². The summed E-state index contributed by atoms with van der Waals surface area (Å²) in [5.41, 5.74) is 1.22. The largest absolute Gasteiger partial charge is 0.316 e. The standard InChI is InChI=1S/C15H21Cl2N/c1-4-8-18-11-15(3,5-2)10-12-6-7-13(16)14(17)9-12/h5-7,9,18H,2,4,8,10-11H2,1,3H3.